The van der Waals surface area contributed by atoms with Crippen LogP contribution in [0.4, 0.5) is 4.79 Å². The zero-order valence-corrected chi connectivity index (χ0v) is 14.6. The second-order valence-electron chi connectivity index (χ2n) is 5.30. The minimum atomic E-state index is -0.611. The van der Waals surface area contributed by atoms with Crippen molar-refractivity contribution in [2.45, 2.75) is 32.1 Å². The van der Waals surface area contributed by atoms with Crippen molar-refractivity contribution in [3.05, 3.63) is 27.7 Å². The summed E-state index contributed by atoms with van der Waals surface area (Å²) in [6, 6.07) is 3.20. The van der Waals surface area contributed by atoms with Gasteiger partial charge in [-0.3, -0.25) is 4.79 Å². The number of cyclic esters (lactones) is 1. The Labute approximate surface area is 145 Å². The van der Waals surface area contributed by atoms with Gasteiger partial charge in [0.15, 0.2) is 0 Å². The summed E-state index contributed by atoms with van der Waals surface area (Å²) in [5.74, 6) is -0.437. The number of carbonyl (C=O) groups is 2. The van der Waals surface area contributed by atoms with Crippen LogP contribution in [0.2, 0.25) is 10.0 Å². The molecule has 2 amide bonds. The summed E-state index contributed by atoms with van der Waals surface area (Å²) in [7, 11) is 1.50. The summed E-state index contributed by atoms with van der Waals surface area (Å²) in [5, 5.41) is 0.786. The van der Waals surface area contributed by atoms with Crippen molar-refractivity contribution in [1.82, 2.24) is 4.90 Å². The highest BCUT2D eigenvalue weighted by molar-refractivity contribution is 6.35. The third-order valence-corrected chi connectivity index (χ3v) is 4.33. The molecule has 1 aromatic rings. The van der Waals surface area contributed by atoms with Crippen molar-refractivity contribution in [2.24, 2.45) is 0 Å². The molecule has 1 aliphatic heterocycles. The number of hydrogen-bond donors (Lipinski definition) is 0. The highest BCUT2D eigenvalue weighted by atomic mass is 35.5. The molecule has 7 heteroatoms. The standard InChI is InChI=1S/C16H19Cl2NO4/c1-3-4-5-11(15(20)19-6-7-23-16(19)21)14-12(18)8-10(17)9-13(14)22-2/h8-9,11H,3-7H2,1-2H3. The fraction of sp³-hybridized carbons (Fsp3) is 0.500. The smallest absolute Gasteiger partial charge is 0.416 e. The Kier molecular flexibility index (Phi) is 6.13. The van der Waals surface area contributed by atoms with E-state index >= 15 is 0 Å². The molecule has 2 rings (SSSR count). The molecule has 0 aliphatic carbocycles. The first-order chi connectivity index (χ1) is 11.0. The van der Waals surface area contributed by atoms with Crippen molar-refractivity contribution in [3.8, 4) is 5.75 Å². The molecule has 5 nitrogen and oxygen atoms in total. The number of amides is 2. The van der Waals surface area contributed by atoms with Gasteiger partial charge in [0.05, 0.1) is 19.6 Å². The lowest BCUT2D eigenvalue weighted by atomic mass is 9.91. The van der Waals surface area contributed by atoms with Gasteiger partial charge in [-0.1, -0.05) is 43.0 Å². The lowest BCUT2D eigenvalue weighted by molar-refractivity contribution is -0.129. The predicted octanol–water partition coefficient (Wildman–Crippen LogP) is 4.25. The van der Waals surface area contributed by atoms with Crippen LogP contribution in [0.15, 0.2) is 12.1 Å². The van der Waals surface area contributed by atoms with E-state index in [1.165, 1.54) is 7.11 Å². The maximum atomic E-state index is 12.8. The van der Waals surface area contributed by atoms with Gasteiger partial charge in [0.2, 0.25) is 5.91 Å². The molecule has 1 fully saturated rings. The van der Waals surface area contributed by atoms with E-state index in [-0.39, 0.29) is 19.1 Å². The number of ether oxygens (including phenoxy) is 2. The normalized spacial score (nSPS) is 15.5. The Morgan fingerprint density at radius 2 is 2.17 bits per heavy atom. The lowest BCUT2D eigenvalue weighted by Crippen LogP contribution is -2.36. The molecule has 0 radical (unpaired) electrons. The van der Waals surface area contributed by atoms with Crippen molar-refractivity contribution in [2.75, 3.05) is 20.3 Å². The van der Waals surface area contributed by atoms with Gasteiger partial charge in [0.25, 0.3) is 0 Å². The molecular formula is C16H19Cl2NO4. The highest BCUT2D eigenvalue weighted by Gasteiger charge is 2.36. The summed E-state index contributed by atoms with van der Waals surface area (Å²) in [6.45, 7) is 2.51. The average Bonchev–Trinajstić information content (AvgIpc) is 2.94. The maximum Gasteiger partial charge on any atom is 0.416 e. The Hall–Kier alpha value is -1.46. The predicted molar refractivity (Wildman–Crippen MR) is 88.3 cm³/mol. The van der Waals surface area contributed by atoms with Gasteiger partial charge < -0.3 is 9.47 Å². The van der Waals surface area contributed by atoms with Crippen molar-refractivity contribution in [1.29, 1.82) is 0 Å². The van der Waals surface area contributed by atoms with Gasteiger partial charge in [-0.15, -0.1) is 0 Å². The third kappa shape index (κ3) is 3.90. The first kappa shape index (κ1) is 17.9. The zero-order chi connectivity index (χ0) is 17.0. The highest BCUT2D eigenvalue weighted by Crippen LogP contribution is 2.39. The number of benzene rings is 1. The largest absolute Gasteiger partial charge is 0.496 e. The van der Waals surface area contributed by atoms with Crippen LogP contribution in [0.25, 0.3) is 0 Å². The SMILES string of the molecule is CCCCC(C(=O)N1CCOC1=O)c1c(Cl)cc(Cl)cc1OC. The first-order valence-electron chi connectivity index (χ1n) is 7.50. The Morgan fingerprint density at radius 3 is 2.74 bits per heavy atom. The number of unbranched alkanes of at least 4 members (excludes halogenated alkanes) is 1. The number of imide groups is 1. The molecule has 23 heavy (non-hydrogen) atoms. The van der Waals surface area contributed by atoms with E-state index in [2.05, 4.69) is 0 Å². The number of rotatable bonds is 6. The molecule has 0 aromatic heterocycles. The first-order valence-corrected chi connectivity index (χ1v) is 8.26. The van der Waals surface area contributed by atoms with Gasteiger partial charge in [0.1, 0.15) is 12.4 Å². The topological polar surface area (TPSA) is 55.8 Å². The minimum absolute atomic E-state index is 0.219. The molecule has 1 aliphatic rings. The van der Waals surface area contributed by atoms with Gasteiger partial charge in [-0.25, -0.2) is 9.69 Å². The molecule has 1 aromatic carbocycles. The molecule has 0 spiro atoms. The maximum absolute atomic E-state index is 12.8. The molecule has 0 N–H and O–H groups in total. The second-order valence-corrected chi connectivity index (χ2v) is 6.15. The van der Waals surface area contributed by atoms with Crippen LogP contribution in [0.3, 0.4) is 0 Å². The van der Waals surface area contributed by atoms with Crippen LogP contribution in [0.5, 0.6) is 5.75 Å². The van der Waals surface area contributed by atoms with E-state index in [1.807, 2.05) is 6.92 Å². The van der Waals surface area contributed by atoms with Gasteiger partial charge >= 0.3 is 6.09 Å². The fourth-order valence-electron chi connectivity index (χ4n) is 2.65. The minimum Gasteiger partial charge on any atom is -0.496 e. The fourth-order valence-corrected chi connectivity index (χ4v) is 3.26. The number of methoxy groups -OCH3 is 1. The molecule has 1 saturated heterocycles. The molecule has 0 saturated carbocycles. The van der Waals surface area contributed by atoms with Crippen LogP contribution < -0.4 is 4.74 Å². The average molecular weight is 360 g/mol. The van der Waals surface area contributed by atoms with Crippen molar-refractivity contribution >= 4 is 35.2 Å². The van der Waals surface area contributed by atoms with E-state index in [0.717, 1.165) is 17.7 Å². The van der Waals surface area contributed by atoms with E-state index in [9.17, 15) is 9.59 Å². The van der Waals surface area contributed by atoms with Gasteiger partial charge in [0, 0.05) is 15.6 Å². The zero-order valence-electron chi connectivity index (χ0n) is 13.1. The molecule has 0 bridgehead atoms. The summed E-state index contributed by atoms with van der Waals surface area (Å²) in [6.07, 6.45) is 1.69. The van der Waals surface area contributed by atoms with Crippen LogP contribution >= 0.6 is 23.2 Å². The number of nitrogens with zero attached hydrogens (tertiary/aromatic N) is 1. The Bertz CT molecular complexity index is 606. The van der Waals surface area contributed by atoms with Crippen LogP contribution in [-0.4, -0.2) is 37.2 Å². The Balaban J connectivity index is 2.42. The van der Waals surface area contributed by atoms with Crippen LogP contribution in [-0.2, 0) is 9.53 Å². The number of hydrogen-bond acceptors (Lipinski definition) is 4. The summed E-state index contributed by atoms with van der Waals surface area (Å²) < 4.78 is 10.2. The van der Waals surface area contributed by atoms with E-state index in [0.29, 0.717) is 27.8 Å². The third-order valence-electron chi connectivity index (χ3n) is 3.80. The molecule has 1 atom stereocenters. The van der Waals surface area contributed by atoms with Crippen molar-refractivity contribution in [3.63, 3.8) is 0 Å². The van der Waals surface area contributed by atoms with Crippen molar-refractivity contribution < 1.29 is 19.1 Å². The van der Waals surface area contributed by atoms with Crippen LogP contribution in [0.1, 0.15) is 37.7 Å². The molecule has 126 valence electrons. The molecule has 1 unspecified atom stereocenters. The molecular weight excluding hydrogens is 341 g/mol. The monoisotopic (exact) mass is 359 g/mol. The molecule has 1 heterocycles. The van der Waals surface area contributed by atoms with Gasteiger partial charge in [-0.2, -0.15) is 0 Å². The number of carbonyl (C=O) groups excluding carboxylic acids is 2. The van der Waals surface area contributed by atoms with Crippen LogP contribution in [0, 0.1) is 0 Å². The van der Waals surface area contributed by atoms with E-state index in [1.54, 1.807) is 12.1 Å². The summed E-state index contributed by atoms with van der Waals surface area (Å²) in [5.41, 5.74) is 0.566. The second kappa shape index (κ2) is 7.88. The van der Waals surface area contributed by atoms with Gasteiger partial charge in [-0.05, 0) is 18.6 Å². The summed E-state index contributed by atoms with van der Waals surface area (Å²) >= 11 is 12.3. The summed E-state index contributed by atoms with van der Waals surface area (Å²) in [4.78, 5) is 25.7. The lowest BCUT2D eigenvalue weighted by Gasteiger charge is -2.23. The quantitative estimate of drug-likeness (QED) is 0.761. The van der Waals surface area contributed by atoms with E-state index in [4.69, 9.17) is 32.7 Å². The Morgan fingerprint density at radius 1 is 1.43 bits per heavy atom. The van der Waals surface area contributed by atoms with E-state index < -0.39 is 12.0 Å². The number of halogens is 2.